The summed E-state index contributed by atoms with van der Waals surface area (Å²) in [6.07, 6.45) is 8.17. The second kappa shape index (κ2) is 6.41. The van der Waals surface area contributed by atoms with Gasteiger partial charge in [0.25, 0.3) is 0 Å². The third-order valence-corrected chi connectivity index (χ3v) is 4.32. The van der Waals surface area contributed by atoms with Crippen molar-refractivity contribution in [2.45, 2.75) is 76.5 Å². The summed E-state index contributed by atoms with van der Waals surface area (Å²) >= 11 is 0. The zero-order valence-electron chi connectivity index (χ0n) is 11.3. The largest absolute Gasteiger partial charge is 0.391 e. The Balaban J connectivity index is 1.74. The minimum Gasteiger partial charge on any atom is -0.391 e. The van der Waals surface area contributed by atoms with E-state index in [9.17, 15) is 9.90 Å². The highest BCUT2D eigenvalue weighted by Crippen LogP contribution is 2.23. The third-order valence-electron chi connectivity index (χ3n) is 4.32. The van der Waals surface area contributed by atoms with Crippen LogP contribution in [0.25, 0.3) is 0 Å². The number of urea groups is 1. The fraction of sp³-hybridized carbons (Fsp3) is 0.929. The molecule has 0 radical (unpaired) electrons. The minimum absolute atomic E-state index is 0.0558. The molecule has 18 heavy (non-hydrogen) atoms. The molecule has 0 aliphatic heterocycles. The highest BCUT2D eigenvalue weighted by atomic mass is 16.3. The van der Waals surface area contributed by atoms with Crippen molar-refractivity contribution in [3.05, 3.63) is 0 Å². The number of hydrogen-bond donors (Lipinski definition) is 3. The number of hydrogen-bond acceptors (Lipinski definition) is 2. The van der Waals surface area contributed by atoms with Gasteiger partial charge in [-0.3, -0.25) is 0 Å². The zero-order valence-corrected chi connectivity index (χ0v) is 11.3. The van der Waals surface area contributed by atoms with E-state index >= 15 is 0 Å². The first-order valence-electron chi connectivity index (χ1n) is 7.40. The molecule has 0 spiro atoms. The fourth-order valence-electron chi connectivity index (χ4n) is 3.24. The quantitative estimate of drug-likeness (QED) is 0.707. The van der Waals surface area contributed by atoms with Crippen LogP contribution in [0, 0.1) is 5.92 Å². The van der Waals surface area contributed by atoms with Gasteiger partial charge in [-0.25, -0.2) is 4.79 Å². The molecule has 2 amide bonds. The van der Waals surface area contributed by atoms with Crippen LogP contribution in [-0.4, -0.2) is 29.3 Å². The van der Waals surface area contributed by atoms with Gasteiger partial charge in [0.2, 0.25) is 0 Å². The van der Waals surface area contributed by atoms with Gasteiger partial charge in [-0.15, -0.1) is 0 Å². The van der Waals surface area contributed by atoms with Crippen LogP contribution in [0.3, 0.4) is 0 Å². The summed E-state index contributed by atoms with van der Waals surface area (Å²) < 4.78 is 0. The van der Waals surface area contributed by atoms with Gasteiger partial charge in [0.15, 0.2) is 0 Å². The van der Waals surface area contributed by atoms with E-state index in [4.69, 9.17) is 0 Å². The number of amides is 2. The summed E-state index contributed by atoms with van der Waals surface area (Å²) in [5, 5.41) is 15.8. The van der Waals surface area contributed by atoms with E-state index in [2.05, 4.69) is 17.6 Å². The topological polar surface area (TPSA) is 61.4 Å². The number of aliphatic hydroxyl groups is 1. The Morgan fingerprint density at radius 2 is 1.83 bits per heavy atom. The molecule has 4 atom stereocenters. The lowest BCUT2D eigenvalue weighted by Gasteiger charge is -2.31. The van der Waals surface area contributed by atoms with Crippen molar-refractivity contribution in [2.75, 3.05) is 0 Å². The van der Waals surface area contributed by atoms with Crippen molar-refractivity contribution >= 4 is 6.03 Å². The van der Waals surface area contributed by atoms with Crippen LogP contribution in [0.1, 0.15) is 58.3 Å². The Morgan fingerprint density at radius 3 is 2.56 bits per heavy atom. The predicted molar refractivity (Wildman–Crippen MR) is 71.4 cm³/mol. The maximum absolute atomic E-state index is 11.9. The zero-order chi connectivity index (χ0) is 13.0. The molecule has 2 saturated carbocycles. The van der Waals surface area contributed by atoms with Crippen molar-refractivity contribution in [2.24, 2.45) is 5.92 Å². The Bertz CT molecular complexity index is 283. The molecule has 2 aliphatic carbocycles. The molecule has 0 aromatic carbocycles. The van der Waals surface area contributed by atoms with Crippen LogP contribution < -0.4 is 10.6 Å². The average molecular weight is 254 g/mol. The van der Waals surface area contributed by atoms with E-state index in [1.54, 1.807) is 0 Å². The van der Waals surface area contributed by atoms with Gasteiger partial charge in [-0.1, -0.05) is 32.6 Å². The Labute approximate surface area is 110 Å². The summed E-state index contributed by atoms with van der Waals surface area (Å²) in [6.45, 7) is 2.25. The van der Waals surface area contributed by atoms with Gasteiger partial charge in [0.1, 0.15) is 0 Å². The molecule has 0 aromatic rings. The second-order valence-corrected chi connectivity index (χ2v) is 6.04. The number of rotatable bonds is 2. The number of carbonyl (C=O) groups excluding carboxylic acids is 1. The van der Waals surface area contributed by atoms with E-state index in [0.717, 1.165) is 38.5 Å². The first kappa shape index (κ1) is 13.7. The van der Waals surface area contributed by atoms with E-state index in [0.29, 0.717) is 12.0 Å². The molecule has 0 aromatic heterocycles. The van der Waals surface area contributed by atoms with Gasteiger partial charge in [0, 0.05) is 6.04 Å². The summed E-state index contributed by atoms with van der Waals surface area (Å²) in [6, 6.07) is 0.161. The van der Waals surface area contributed by atoms with E-state index in [1.807, 2.05) is 0 Å². The fourth-order valence-corrected chi connectivity index (χ4v) is 3.24. The monoisotopic (exact) mass is 254 g/mol. The molecular weight excluding hydrogens is 228 g/mol. The number of aliphatic hydroxyl groups excluding tert-OH is 1. The first-order chi connectivity index (χ1) is 8.65. The van der Waals surface area contributed by atoms with Crippen molar-refractivity contribution < 1.29 is 9.90 Å². The molecule has 4 nitrogen and oxygen atoms in total. The Kier molecular flexibility index (Phi) is 4.87. The second-order valence-electron chi connectivity index (χ2n) is 6.04. The molecule has 0 saturated heterocycles. The van der Waals surface area contributed by atoms with Gasteiger partial charge < -0.3 is 15.7 Å². The van der Waals surface area contributed by atoms with Crippen molar-refractivity contribution in [3.63, 3.8) is 0 Å². The molecule has 104 valence electrons. The lowest BCUT2D eigenvalue weighted by molar-refractivity contribution is 0.0937. The molecule has 4 heteroatoms. The molecule has 0 bridgehead atoms. The van der Waals surface area contributed by atoms with Gasteiger partial charge in [-0.05, 0) is 31.6 Å². The molecule has 2 rings (SSSR count). The molecule has 2 aliphatic rings. The van der Waals surface area contributed by atoms with Gasteiger partial charge >= 0.3 is 6.03 Å². The molecule has 0 heterocycles. The maximum atomic E-state index is 11.9. The van der Waals surface area contributed by atoms with Gasteiger partial charge in [-0.2, -0.15) is 0 Å². The van der Waals surface area contributed by atoms with Crippen molar-refractivity contribution in [1.82, 2.24) is 10.6 Å². The third kappa shape index (κ3) is 3.87. The van der Waals surface area contributed by atoms with Crippen LogP contribution in [0.2, 0.25) is 0 Å². The SMILES string of the molecule is CC1CCCC(NC(=O)NC2CCCCC2O)C1. The number of carbonyl (C=O) groups is 1. The Hall–Kier alpha value is -0.770. The average Bonchev–Trinajstić information content (AvgIpc) is 2.32. The van der Waals surface area contributed by atoms with Crippen molar-refractivity contribution in [1.29, 1.82) is 0 Å². The van der Waals surface area contributed by atoms with Crippen LogP contribution in [0.15, 0.2) is 0 Å². The van der Waals surface area contributed by atoms with E-state index < -0.39 is 0 Å². The standard InChI is InChI=1S/C14H26N2O2/c1-10-5-4-6-11(9-10)15-14(18)16-12-7-2-3-8-13(12)17/h10-13,17H,2-9H2,1H3,(H2,15,16,18). The smallest absolute Gasteiger partial charge is 0.315 e. The number of nitrogens with one attached hydrogen (secondary N) is 2. The van der Waals surface area contributed by atoms with Gasteiger partial charge in [0.05, 0.1) is 12.1 Å². The van der Waals surface area contributed by atoms with Crippen LogP contribution in [0.5, 0.6) is 0 Å². The molecule has 2 fully saturated rings. The first-order valence-corrected chi connectivity index (χ1v) is 7.40. The summed E-state index contributed by atoms with van der Waals surface area (Å²) in [7, 11) is 0. The summed E-state index contributed by atoms with van der Waals surface area (Å²) in [5.41, 5.74) is 0. The Morgan fingerprint density at radius 1 is 1.06 bits per heavy atom. The summed E-state index contributed by atoms with van der Waals surface area (Å²) in [4.78, 5) is 11.9. The van der Waals surface area contributed by atoms with Crippen LogP contribution in [0.4, 0.5) is 4.79 Å². The van der Waals surface area contributed by atoms with Crippen molar-refractivity contribution in [3.8, 4) is 0 Å². The predicted octanol–water partition coefficient (Wildman–Crippen LogP) is 2.17. The van der Waals surface area contributed by atoms with E-state index in [-0.39, 0.29) is 18.2 Å². The minimum atomic E-state index is -0.366. The summed E-state index contributed by atoms with van der Waals surface area (Å²) in [5.74, 6) is 0.712. The molecular formula is C14H26N2O2. The highest BCUT2D eigenvalue weighted by molar-refractivity contribution is 5.74. The molecule has 3 N–H and O–H groups in total. The maximum Gasteiger partial charge on any atom is 0.315 e. The highest BCUT2D eigenvalue weighted by Gasteiger charge is 2.26. The lowest BCUT2D eigenvalue weighted by Crippen LogP contribution is -2.51. The van der Waals surface area contributed by atoms with E-state index in [1.165, 1.54) is 12.8 Å². The normalized spacial score (nSPS) is 37.0. The van der Waals surface area contributed by atoms with Crippen LogP contribution >= 0.6 is 0 Å². The molecule has 4 unspecified atom stereocenters. The lowest BCUT2D eigenvalue weighted by atomic mass is 9.87. The van der Waals surface area contributed by atoms with Crippen LogP contribution in [-0.2, 0) is 0 Å².